The molecule has 5 rings (SSSR count). The van der Waals surface area contributed by atoms with Gasteiger partial charge in [-0.2, -0.15) is 0 Å². The summed E-state index contributed by atoms with van der Waals surface area (Å²) in [6.45, 7) is 0.626. The maximum absolute atomic E-state index is 4.51. The number of benzene rings is 1. The summed E-state index contributed by atoms with van der Waals surface area (Å²) in [5, 5.41) is 15.2. The number of hydrogen-bond donors (Lipinski definition) is 1. The predicted molar refractivity (Wildman–Crippen MR) is 107 cm³/mol. The van der Waals surface area contributed by atoms with E-state index in [2.05, 4.69) is 37.6 Å². The molecule has 1 aliphatic carbocycles. The van der Waals surface area contributed by atoms with Crippen LogP contribution < -0.4 is 5.32 Å². The van der Waals surface area contributed by atoms with Crippen LogP contribution >= 0.6 is 22.7 Å². The fourth-order valence-electron chi connectivity index (χ4n) is 3.41. The Morgan fingerprint density at radius 2 is 1.85 bits per heavy atom. The highest BCUT2D eigenvalue weighted by atomic mass is 32.1. The zero-order valence-electron chi connectivity index (χ0n) is 14.1. The molecule has 130 valence electrons. The summed E-state index contributed by atoms with van der Waals surface area (Å²) in [5.41, 5.74) is 2.55. The molecule has 0 bridgehead atoms. The first-order chi connectivity index (χ1) is 12.9. The van der Waals surface area contributed by atoms with Crippen molar-refractivity contribution in [3.05, 3.63) is 52.1 Å². The number of aryl methyl sites for hydroxylation is 2. The molecule has 0 spiro atoms. The molecule has 0 amide bonds. The fourth-order valence-corrected chi connectivity index (χ4v) is 5.42. The molecule has 5 nitrogen and oxygen atoms in total. The predicted octanol–water partition coefficient (Wildman–Crippen LogP) is 4.70. The smallest absolute Gasteiger partial charge is 0.147 e. The molecule has 3 aromatic heterocycles. The van der Waals surface area contributed by atoms with E-state index in [0.29, 0.717) is 6.54 Å². The first-order valence-electron chi connectivity index (χ1n) is 8.75. The van der Waals surface area contributed by atoms with Crippen molar-refractivity contribution < 1.29 is 0 Å². The van der Waals surface area contributed by atoms with E-state index in [1.807, 2.05) is 29.5 Å². The van der Waals surface area contributed by atoms with E-state index in [1.165, 1.54) is 35.1 Å². The monoisotopic (exact) mass is 379 g/mol. The molecular weight excluding hydrogens is 362 g/mol. The average Bonchev–Trinajstić information content (AvgIpc) is 3.32. The molecule has 1 aromatic carbocycles. The number of hydrogen-bond acceptors (Lipinski definition) is 7. The van der Waals surface area contributed by atoms with Crippen LogP contribution in [-0.4, -0.2) is 20.2 Å². The summed E-state index contributed by atoms with van der Waals surface area (Å²) in [6, 6.07) is 10.2. The number of aromatic nitrogens is 4. The highest BCUT2D eigenvalue weighted by Crippen LogP contribution is 2.38. The summed E-state index contributed by atoms with van der Waals surface area (Å²) in [7, 11) is 0. The summed E-state index contributed by atoms with van der Waals surface area (Å²) < 4.78 is 0. The van der Waals surface area contributed by atoms with Crippen molar-refractivity contribution in [2.45, 2.75) is 32.2 Å². The highest BCUT2D eigenvalue weighted by molar-refractivity contribution is 7.19. The van der Waals surface area contributed by atoms with Gasteiger partial charge in [0.05, 0.1) is 11.9 Å². The lowest BCUT2D eigenvalue weighted by atomic mass is 9.97. The molecular formula is C19H17N5S2. The third kappa shape index (κ3) is 2.87. The van der Waals surface area contributed by atoms with Crippen LogP contribution in [0.15, 0.2) is 36.7 Å². The van der Waals surface area contributed by atoms with Gasteiger partial charge in [0.1, 0.15) is 27.0 Å². The molecule has 0 radical (unpaired) electrons. The highest BCUT2D eigenvalue weighted by Gasteiger charge is 2.20. The SMILES string of the molecule is c1ccc(-c2nnc(CNc3ncnc4sc5c(c34)CCCC5)s2)cc1. The molecule has 1 N–H and O–H groups in total. The number of anilines is 1. The van der Waals surface area contributed by atoms with Crippen LogP contribution in [0.2, 0.25) is 0 Å². The van der Waals surface area contributed by atoms with Crippen LogP contribution in [0, 0.1) is 0 Å². The second kappa shape index (κ2) is 6.74. The largest absolute Gasteiger partial charge is 0.363 e. The summed E-state index contributed by atoms with van der Waals surface area (Å²) >= 11 is 3.44. The minimum absolute atomic E-state index is 0.626. The van der Waals surface area contributed by atoms with E-state index >= 15 is 0 Å². The number of nitrogens with one attached hydrogen (secondary N) is 1. The van der Waals surface area contributed by atoms with Gasteiger partial charge in [0.25, 0.3) is 0 Å². The summed E-state index contributed by atoms with van der Waals surface area (Å²) in [6.07, 6.45) is 6.50. The van der Waals surface area contributed by atoms with Gasteiger partial charge in [-0.1, -0.05) is 41.7 Å². The topological polar surface area (TPSA) is 63.6 Å². The first-order valence-corrected chi connectivity index (χ1v) is 10.4. The lowest BCUT2D eigenvalue weighted by Gasteiger charge is -2.11. The minimum Gasteiger partial charge on any atom is -0.363 e. The van der Waals surface area contributed by atoms with Crippen molar-refractivity contribution in [2.24, 2.45) is 0 Å². The second-order valence-corrected chi connectivity index (χ2v) is 8.48. The molecule has 0 saturated carbocycles. The Morgan fingerprint density at radius 1 is 0.962 bits per heavy atom. The van der Waals surface area contributed by atoms with E-state index < -0.39 is 0 Å². The van der Waals surface area contributed by atoms with Gasteiger partial charge < -0.3 is 5.32 Å². The Kier molecular flexibility index (Phi) is 4.10. The second-order valence-electron chi connectivity index (χ2n) is 6.33. The van der Waals surface area contributed by atoms with Gasteiger partial charge in [0.2, 0.25) is 0 Å². The van der Waals surface area contributed by atoms with Gasteiger partial charge in [0, 0.05) is 10.4 Å². The number of fused-ring (bicyclic) bond motifs is 3. The molecule has 0 saturated heterocycles. The maximum Gasteiger partial charge on any atom is 0.147 e. The van der Waals surface area contributed by atoms with Gasteiger partial charge >= 0.3 is 0 Å². The lowest BCUT2D eigenvalue weighted by Crippen LogP contribution is -2.04. The zero-order chi connectivity index (χ0) is 17.3. The first kappa shape index (κ1) is 15.8. The van der Waals surface area contributed by atoms with E-state index in [4.69, 9.17) is 0 Å². The molecule has 0 atom stereocenters. The van der Waals surface area contributed by atoms with Gasteiger partial charge in [-0.05, 0) is 31.2 Å². The number of rotatable bonds is 4. The standard InChI is InChI=1S/C19H17N5S2/c1-2-6-12(7-3-1)18-24-23-15(26-18)10-20-17-16-13-8-4-5-9-14(13)25-19(16)22-11-21-17/h1-3,6-7,11H,4-5,8-10H2,(H,20,21,22). The van der Waals surface area contributed by atoms with Gasteiger partial charge in [-0.25, -0.2) is 9.97 Å². The molecule has 4 aromatic rings. The van der Waals surface area contributed by atoms with Gasteiger partial charge in [-0.3, -0.25) is 0 Å². The normalized spacial score (nSPS) is 13.7. The van der Waals surface area contributed by atoms with E-state index in [9.17, 15) is 0 Å². The Balaban J connectivity index is 1.41. The Morgan fingerprint density at radius 3 is 2.77 bits per heavy atom. The molecule has 0 aliphatic heterocycles. The van der Waals surface area contributed by atoms with E-state index in [-0.39, 0.29) is 0 Å². The number of thiophene rings is 1. The zero-order valence-corrected chi connectivity index (χ0v) is 15.7. The van der Waals surface area contributed by atoms with Crippen molar-refractivity contribution in [3.63, 3.8) is 0 Å². The summed E-state index contributed by atoms with van der Waals surface area (Å²) in [5.74, 6) is 0.922. The van der Waals surface area contributed by atoms with Crippen LogP contribution in [0.3, 0.4) is 0 Å². The number of nitrogens with zero attached hydrogens (tertiary/aromatic N) is 4. The van der Waals surface area contributed by atoms with E-state index in [0.717, 1.165) is 32.6 Å². The molecule has 7 heteroatoms. The third-order valence-corrected chi connectivity index (χ3v) is 6.82. The van der Waals surface area contributed by atoms with Crippen molar-refractivity contribution in [1.29, 1.82) is 0 Å². The maximum atomic E-state index is 4.51. The van der Waals surface area contributed by atoms with Crippen LogP contribution in [0.25, 0.3) is 20.8 Å². The van der Waals surface area contributed by atoms with Crippen molar-refractivity contribution in [1.82, 2.24) is 20.2 Å². The Labute approximate surface area is 159 Å². The summed E-state index contributed by atoms with van der Waals surface area (Å²) in [4.78, 5) is 11.6. The van der Waals surface area contributed by atoms with Crippen molar-refractivity contribution in [3.8, 4) is 10.6 Å². The average molecular weight is 380 g/mol. The minimum atomic E-state index is 0.626. The molecule has 0 unspecified atom stereocenters. The van der Waals surface area contributed by atoms with Gasteiger partial charge in [0.15, 0.2) is 0 Å². The fraction of sp³-hybridized carbons (Fsp3) is 0.263. The quantitative estimate of drug-likeness (QED) is 0.557. The van der Waals surface area contributed by atoms with Crippen molar-refractivity contribution in [2.75, 3.05) is 5.32 Å². The Bertz CT molecular complexity index is 1050. The van der Waals surface area contributed by atoms with Crippen LogP contribution in [0.5, 0.6) is 0 Å². The van der Waals surface area contributed by atoms with Crippen LogP contribution in [0.1, 0.15) is 28.3 Å². The molecule has 26 heavy (non-hydrogen) atoms. The van der Waals surface area contributed by atoms with Crippen LogP contribution in [0.4, 0.5) is 5.82 Å². The van der Waals surface area contributed by atoms with Crippen LogP contribution in [-0.2, 0) is 19.4 Å². The van der Waals surface area contributed by atoms with Gasteiger partial charge in [-0.15, -0.1) is 21.5 Å². The van der Waals surface area contributed by atoms with E-state index in [1.54, 1.807) is 17.7 Å². The molecule has 3 heterocycles. The third-order valence-electron chi connectivity index (χ3n) is 4.65. The molecule has 1 aliphatic rings. The molecule has 0 fully saturated rings. The van der Waals surface area contributed by atoms with Crippen molar-refractivity contribution >= 4 is 38.7 Å². The Hall–Kier alpha value is -2.38. The lowest BCUT2D eigenvalue weighted by molar-refractivity contribution is 0.700.